The molecule has 0 saturated carbocycles. The number of ether oxygens (including phenoxy) is 2. The van der Waals surface area contributed by atoms with Crippen molar-refractivity contribution in [1.29, 1.82) is 0 Å². The molecular weight excluding hydrogens is 424 g/mol. The number of amides is 2. The Kier molecular flexibility index (Phi) is 8.91. The fraction of sp³-hybridized carbons (Fsp3) is 0.500. The maximum atomic E-state index is 12.4. The van der Waals surface area contributed by atoms with Gasteiger partial charge in [-0.25, -0.2) is 0 Å². The third-order valence-electron chi connectivity index (χ3n) is 4.39. The summed E-state index contributed by atoms with van der Waals surface area (Å²) in [6, 6.07) is 6.99. The van der Waals surface area contributed by atoms with Crippen LogP contribution in [0.2, 0.25) is 0 Å². The van der Waals surface area contributed by atoms with Crippen molar-refractivity contribution in [2.24, 2.45) is 0 Å². The van der Waals surface area contributed by atoms with Crippen LogP contribution in [0.1, 0.15) is 43.0 Å². The number of hydrogen-bond acceptors (Lipinski definition) is 8. The highest BCUT2D eigenvalue weighted by molar-refractivity contribution is 8.01. The van der Waals surface area contributed by atoms with Crippen molar-refractivity contribution in [3.8, 4) is 5.75 Å². The molecule has 2 amide bonds. The van der Waals surface area contributed by atoms with Crippen LogP contribution in [0.5, 0.6) is 5.75 Å². The second-order valence-corrected chi connectivity index (χ2v) is 8.98. The van der Waals surface area contributed by atoms with Crippen molar-refractivity contribution in [2.75, 3.05) is 30.8 Å². The van der Waals surface area contributed by atoms with E-state index in [-0.39, 0.29) is 23.7 Å². The van der Waals surface area contributed by atoms with E-state index in [1.807, 2.05) is 0 Å². The van der Waals surface area contributed by atoms with Crippen molar-refractivity contribution in [3.63, 3.8) is 0 Å². The van der Waals surface area contributed by atoms with Crippen molar-refractivity contribution in [3.05, 3.63) is 29.8 Å². The Labute approximate surface area is 184 Å². The molecule has 0 unspecified atom stereocenters. The fourth-order valence-electron chi connectivity index (χ4n) is 2.74. The van der Waals surface area contributed by atoms with Gasteiger partial charge in [0.15, 0.2) is 4.34 Å². The summed E-state index contributed by atoms with van der Waals surface area (Å²) in [5, 5.41) is 14.0. The minimum Gasteiger partial charge on any atom is -0.494 e. The average Bonchev–Trinajstić information content (AvgIpc) is 3.43. The molecule has 1 saturated heterocycles. The second kappa shape index (κ2) is 11.9. The van der Waals surface area contributed by atoms with E-state index in [2.05, 4.69) is 27.8 Å². The third-order valence-corrected chi connectivity index (χ3v) is 6.36. The van der Waals surface area contributed by atoms with Gasteiger partial charge in [0, 0.05) is 18.7 Å². The van der Waals surface area contributed by atoms with Crippen molar-refractivity contribution < 1.29 is 19.1 Å². The Morgan fingerprint density at radius 1 is 1.30 bits per heavy atom. The lowest BCUT2D eigenvalue weighted by molar-refractivity contribution is -0.119. The summed E-state index contributed by atoms with van der Waals surface area (Å²) >= 11 is 2.53. The number of aromatic nitrogens is 2. The molecule has 8 nitrogen and oxygen atoms in total. The number of nitrogens with zero attached hydrogens (tertiary/aromatic N) is 2. The molecule has 2 heterocycles. The molecule has 10 heteroatoms. The van der Waals surface area contributed by atoms with Crippen LogP contribution in [0.25, 0.3) is 0 Å². The molecule has 162 valence electrons. The summed E-state index contributed by atoms with van der Waals surface area (Å²) in [4.78, 5) is 24.3. The van der Waals surface area contributed by atoms with Gasteiger partial charge in [0.2, 0.25) is 11.0 Å². The smallest absolute Gasteiger partial charge is 0.257 e. The van der Waals surface area contributed by atoms with Crippen LogP contribution in [-0.4, -0.2) is 53.6 Å². The topological polar surface area (TPSA) is 102 Å². The fourth-order valence-corrected chi connectivity index (χ4v) is 4.31. The summed E-state index contributed by atoms with van der Waals surface area (Å²) in [6.45, 7) is 4.08. The predicted octanol–water partition coefficient (Wildman–Crippen LogP) is 3.36. The number of unbranched alkanes of at least 4 members (excludes halogenated alkanes) is 1. The molecule has 0 aliphatic carbocycles. The van der Waals surface area contributed by atoms with E-state index in [0.29, 0.717) is 28.2 Å². The number of nitrogens with one attached hydrogen (secondary N) is 2. The first-order valence-electron chi connectivity index (χ1n) is 10.0. The van der Waals surface area contributed by atoms with E-state index in [1.54, 1.807) is 24.3 Å². The van der Waals surface area contributed by atoms with Gasteiger partial charge in [0.1, 0.15) is 5.75 Å². The van der Waals surface area contributed by atoms with Gasteiger partial charge in [-0.3, -0.25) is 14.9 Å². The van der Waals surface area contributed by atoms with Gasteiger partial charge < -0.3 is 14.8 Å². The molecule has 0 bridgehead atoms. The Bertz CT molecular complexity index is 822. The summed E-state index contributed by atoms with van der Waals surface area (Å²) in [5.41, 5.74) is 0.510. The van der Waals surface area contributed by atoms with E-state index >= 15 is 0 Å². The van der Waals surface area contributed by atoms with E-state index < -0.39 is 0 Å². The number of carbonyl (C=O) groups excluding carboxylic acids is 2. The largest absolute Gasteiger partial charge is 0.494 e. The number of rotatable bonds is 11. The number of anilines is 1. The van der Waals surface area contributed by atoms with E-state index in [1.165, 1.54) is 23.1 Å². The van der Waals surface area contributed by atoms with Crippen LogP contribution in [0.3, 0.4) is 0 Å². The first-order valence-corrected chi connectivity index (χ1v) is 11.8. The summed E-state index contributed by atoms with van der Waals surface area (Å²) in [6.07, 6.45) is 4.23. The Morgan fingerprint density at radius 3 is 2.87 bits per heavy atom. The molecule has 3 rings (SSSR count). The minimum atomic E-state index is -0.267. The molecule has 2 N–H and O–H groups in total. The van der Waals surface area contributed by atoms with Gasteiger partial charge in [-0.05, 0) is 43.5 Å². The van der Waals surface area contributed by atoms with Crippen LogP contribution < -0.4 is 15.4 Å². The van der Waals surface area contributed by atoms with Crippen LogP contribution >= 0.6 is 23.1 Å². The molecule has 1 fully saturated rings. The third kappa shape index (κ3) is 7.26. The van der Waals surface area contributed by atoms with Gasteiger partial charge in [0.25, 0.3) is 5.91 Å². The standard InChI is InChI=1S/C20H26N4O4S2/c1-2-3-10-27-15-8-6-14(7-9-15)18(26)22-19-23-24-20(30-19)29-13-17(25)21-12-16-5-4-11-28-16/h6-9,16H,2-5,10-13H2,1H3,(H,21,25)(H,22,23,26)/t16-/m0/s1. The lowest BCUT2D eigenvalue weighted by atomic mass is 10.2. The molecule has 1 aromatic carbocycles. The highest BCUT2D eigenvalue weighted by atomic mass is 32.2. The highest BCUT2D eigenvalue weighted by Crippen LogP contribution is 2.26. The zero-order chi connectivity index (χ0) is 21.2. The van der Waals surface area contributed by atoms with Gasteiger partial charge in [0.05, 0.1) is 18.5 Å². The molecule has 1 atom stereocenters. The second-order valence-electron chi connectivity index (χ2n) is 6.78. The molecule has 0 radical (unpaired) electrons. The van der Waals surface area contributed by atoms with E-state index in [9.17, 15) is 9.59 Å². The molecule has 0 spiro atoms. The molecule has 30 heavy (non-hydrogen) atoms. The average molecular weight is 451 g/mol. The number of carbonyl (C=O) groups is 2. The van der Waals surface area contributed by atoms with Crippen LogP contribution in [0.4, 0.5) is 5.13 Å². The molecule has 1 aromatic heterocycles. The Hall–Kier alpha value is -2.17. The van der Waals surface area contributed by atoms with Crippen molar-refractivity contribution in [2.45, 2.75) is 43.1 Å². The maximum absolute atomic E-state index is 12.4. The van der Waals surface area contributed by atoms with Gasteiger partial charge >= 0.3 is 0 Å². The zero-order valence-corrected chi connectivity index (χ0v) is 18.5. The highest BCUT2D eigenvalue weighted by Gasteiger charge is 2.17. The minimum absolute atomic E-state index is 0.0717. The maximum Gasteiger partial charge on any atom is 0.257 e. The SMILES string of the molecule is CCCCOc1ccc(C(=O)Nc2nnc(SCC(=O)NC[C@@H]3CCCO3)s2)cc1. The number of thioether (sulfide) groups is 1. The summed E-state index contributed by atoms with van der Waals surface area (Å²) < 4.78 is 11.7. The lowest BCUT2D eigenvalue weighted by Gasteiger charge is -2.09. The number of benzene rings is 1. The van der Waals surface area contributed by atoms with Gasteiger partial charge in [-0.15, -0.1) is 10.2 Å². The molecular formula is C20H26N4O4S2. The monoisotopic (exact) mass is 450 g/mol. The van der Waals surface area contributed by atoms with Crippen LogP contribution in [0, 0.1) is 0 Å². The van der Waals surface area contributed by atoms with Crippen LogP contribution in [-0.2, 0) is 9.53 Å². The van der Waals surface area contributed by atoms with Crippen molar-refractivity contribution >= 4 is 40.0 Å². The van der Waals surface area contributed by atoms with E-state index in [0.717, 1.165) is 38.0 Å². The van der Waals surface area contributed by atoms with E-state index in [4.69, 9.17) is 9.47 Å². The normalized spacial score (nSPS) is 15.7. The number of hydrogen-bond donors (Lipinski definition) is 2. The first-order chi connectivity index (χ1) is 14.6. The van der Waals surface area contributed by atoms with Crippen molar-refractivity contribution in [1.82, 2.24) is 15.5 Å². The summed E-state index contributed by atoms with van der Waals surface area (Å²) in [7, 11) is 0. The van der Waals surface area contributed by atoms with Gasteiger partial charge in [-0.1, -0.05) is 36.4 Å². The Balaban J connectivity index is 1.40. The predicted molar refractivity (Wildman–Crippen MR) is 117 cm³/mol. The molecule has 1 aliphatic rings. The Morgan fingerprint density at radius 2 is 2.13 bits per heavy atom. The lowest BCUT2D eigenvalue weighted by Crippen LogP contribution is -2.32. The van der Waals surface area contributed by atoms with Gasteiger partial charge in [-0.2, -0.15) is 0 Å². The molecule has 2 aromatic rings. The van der Waals surface area contributed by atoms with Crippen LogP contribution in [0.15, 0.2) is 28.6 Å². The first kappa shape index (κ1) is 22.5. The summed E-state index contributed by atoms with van der Waals surface area (Å²) in [5.74, 6) is 0.649. The molecule has 1 aliphatic heterocycles. The quantitative estimate of drug-likeness (QED) is 0.307. The zero-order valence-electron chi connectivity index (χ0n) is 16.9.